The number of carbonyl (C=O) groups is 2. The van der Waals surface area contributed by atoms with Gasteiger partial charge in [0.15, 0.2) is 0 Å². The van der Waals surface area contributed by atoms with Gasteiger partial charge >= 0.3 is 12.1 Å². The van der Waals surface area contributed by atoms with Crippen molar-refractivity contribution in [1.29, 1.82) is 0 Å². The Balaban J connectivity index is 1.71. The van der Waals surface area contributed by atoms with Crippen LogP contribution in [0.4, 0.5) is 13.2 Å². The maximum Gasteiger partial charge on any atom is 0.394 e. The third kappa shape index (κ3) is 4.18. The highest BCUT2D eigenvalue weighted by atomic mass is 19.4. The van der Waals surface area contributed by atoms with Crippen LogP contribution in [0.5, 0.6) is 11.6 Å². The van der Waals surface area contributed by atoms with E-state index in [1.165, 1.54) is 18.3 Å². The number of aliphatic carboxylic acids is 1. The van der Waals surface area contributed by atoms with E-state index in [4.69, 9.17) is 9.84 Å². The zero-order valence-electron chi connectivity index (χ0n) is 13.9. The number of carbonyl (C=O) groups excluding carboxylic acids is 1. The molecule has 0 aliphatic carbocycles. The minimum atomic E-state index is -4.69. The highest BCUT2D eigenvalue weighted by molar-refractivity contribution is 5.94. The van der Waals surface area contributed by atoms with Crippen molar-refractivity contribution in [2.75, 3.05) is 13.1 Å². The number of carboxylic acid groups (broad SMARTS) is 1. The van der Waals surface area contributed by atoms with Crippen LogP contribution in [0.1, 0.15) is 10.4 Å². The standard InChI is InChI=1S/C18H15F3N2O4/c19-18(20,21)14-10-23(9-13(14)17(25)26)16(24)11-6-7-15(22-8-11)27-12-4-2-1-3-5-12/h1-8,13-14H,9-10H2,(H,25,26)/t13-,14-/m1/s1. The number of hydrogen-bond donors (Lipinski definition) is 1. The molecule has 1 aliphatic rings. The van der Waals surface area contributed by atoms with Gasteiger partial charge < -0.3 is 14.7 Å². The number of amides is 1. The zero-order valence-corrected chi connectivity index (χ0v) is 13.9. The molecule has 0 spiro atoms. The van der Waals surface area contributed by atoms with Crippen LogP contribution in [-0.2, 0) is 4.79 Å². The predicted octanol–water partition coefficient (Wildman–Crippen LogP) is 3.21. The van der Waals surface area contributed by atoms with E-state index in [0.717, 1.165) is 4.90 Å². The van der Waals surface area contributed by atoms with Gasteiger partial charge in [0.05, 0.1) is 17.4 Å². The topological polar surface area (TPSA) is 79.7 Å². The fourth-order valence-corrected chi connectivity index (χ4v) is 2.91. The van der Waals surface area contributed by atoms with Gasteiger partial charge in [-0.1, -0.05) is 18.2 Å². The summed E-state index contributed by atoms with van der Waals surface area (Å²) in [5.74, 6) is -5.28. The number of nitrogens with zero attached hydrogens (tertiary/aromatic N) is 2. The lowest BCUT2D eigenvalue weighted by Crippen LogP contribution is -2.34. The van der Waals surface area contributed by atoms with Gasteiger partial charge in [-0.15, -0.1) is 0 Å². The third-order valence-corrected chi connectivity index (χ3v) is 4.29. The summed E-state index contributed by atoms with van der Waals surface area (Å²) in [5.41, 5.74) is 0.0578. The Kier molecular flexibility index (Phi) is 5.02. The number of para-hydroxylation sites is 1. The Morgan fingerprint density at radius 1 is 1.11 bits per heavy atom. The minimum Gasteiger partial charge on any atom is -0.481 e. The first-order valence-corrected chi connectivity index (χ1v) is 8.03. The van der Waals surface area contributed by atoms with Gasteiger partial charge in [-0.3, -0.25) is 9.59 Å². The minimum absolute atomic E-state index is 0.0578. The van der Waals surface area contributed by atoms with Crippen molar-refractivity contribution in [3.63, 3.8) is 0 Å². The van der Waals surface area contributed by atoms with Gasteiger partial charge in [0, 0.05) is 25.4 Å². The largest absolute Gasteiger partial charge is 0.481 e. The van der Waals surface area contributed by atoms with E-state index in [9.17, 15) is 22.8 Å². The van der Waals surface area contributed by atoms with Crippen molar-refractivity contribution in [3.8, 4) is 11.6 Å². The van der Waals surface area contributed by atoms with Crippen LogP contribution in [0.2, 0.25) is 0 Å². The van der Waals surface area contributed by atoms with Crippen molar-refractivity contribution in [1.82, 2.24) is 9.88 Å². The van der Waals surface area contributed by atoms with Gasteiger partial charge in [-0.05, 0) is 18.2 Å². The number of benzene rings is 1. The molecule has 2 heterocycles. The van der Waals surface area contributed by atoms with Crippen LogP contribution >= 0.6 is 0 Å². The molecule has 9 heteroatoms. The van der Waals surface area contributed by atoms with Gasteiger partial charge in [0.2, 0.25) is 5.88 Å². The van der Waals surface area contributed by atoms with Crippen LogP contribution in [0, 0.1) is 11.8 Å². The molecule has 0 saturated carbocycles. The van der Waals surface area contributed by atoms with E-state index >= 15 is 0 Å². The molecule has 1 fully saturated rings. The molecule has 2 aromatic rings. The smallest absolute Gasteiger partial charge is 0.394 e. The SMILES string of the molecule is O=C(O)[C@@H]1CN(C(=O)c2ccc(Oc3ccccc3)nc2)C[C@H]1C(F)(F)F. The van der Waals surface area contributed by atoms with Gasteiger partial charge in [-0.25, -0.2) is 4.98 Å². The molecule has 0 bridgehead atoms. The third-order valence-electron chi connectivity index (χ3n) is 4.29. The Morgan fingerprint density at radius 2 is 1.81 bits per heavy atom. The van der Waals surface area contributed by atoms with Crippen LogP contribution in [-0.4, -0.2) is 46.1 Å². The van der Waals surface area contributed by atoms with Crippen LogP contribution in [0.25, 0.3) is 0 Å². The summed E-state index contributed by atoms with van der Waals surface area (Å²) < 4.78 is 44.6. The second kappa shape index (κ2) is 7.26. The van der Waals surface area contributed by atoms with Crippen LogP contribution in [0.3, 0.4) is 0 Å². The molecule has 1 aromatic heterocycles. The van der Waals surface area contributed by atoms with Crippen molar-refractivity contribution in [2.24, 2.45) is 11.8 Å². The predicted molar refractivity (Wildman–Crippen MR) is 87.3 cm³/mol. The number of carboxylic acids is 1. The Bertz CT molecular complexity index is 825. The molecule has 0 unspecified atom stereocenters. The quantitative estimate of drug-likeness (QED) is 0.881. The van der Waals surface area contributed by atoms with Crippen molar-refractivity contribution in [3.05, 3.63) is 54.2 Å². The molecule has 142 valence electrons. The number of hydrogen-bond acceptors (Lipinski definition) is 4. The summed E-state index contributed by atoms with van der Waals surface area (Å²) in [6.45, 7) is -1.19. The number of alkyl halides is 3. The van der Waals surface area contributed by atoms with E-state index in [2.05, 4.69) is 4.98 Å². The first-order valence-electron chi connectivity index (χ1n) is 8.03. The highest BCUT2D eigenvalue weighted by Gasteiger charge is 2.53. The van der Waals surface area contributed by atoms with E-state index in [0.29, 0.717) is 5.75 Å². The number of halogens is 3. The second-order valence-electron chi connectivity index (χ2n) is 6.10. The van der Waals surface area contributed by atoms with Gasteiger partial charge in [-0.2, -0.15) is 13.2 Å². The van der Waals surface area contributed by atoms with Crippen LogP contribution < -0.4 is 4.74 Å². The first-order chi connectivity index (χ1) is 12.8. The molecule has 27 heavy (non-hydrogen) atoms. The van der Waals surface area contributed by atoms with E-state index in [1.807, 2.05) is 6.07 Å². The van der Waals surface area contributed by atoms with Gasteiger partial charge in [0.1, 0.15) is 5.75 Å². The molecule has 0 radical (unpaired) electrons. The van der Waals surface area contributed by atoms with Gasteiger partial charge in [0.25, 0.3) is 5.91 Å². The zero-order chi connectivity index (χ0) is 19.6. The molecule has 1 amide bonds. The number of pyridine rings is 1. The summed E-state index contributed by atoms with van der Waals surface area (Å²) in [6.07, 6.45) is -3.50. The number of rotatable bonds is 4. The number of likely N-dealkylation sites (tertiary alicyclic amines) is 1. The average molecular weight is 380 g/mol. The number of ether oxygens (including phenoxy) is 1. The highest BCUT2D eigenvalue weighted by Crippen LogP contribution is 2.38. The van der Waals surface area contributed by atoms with E-state index in [1.54, 1.807) is 24.3 Å². The molecule has 3 rings (SSSR count). The normalized spacial score (nSPS) is 19.7. The van der Waals surface area contributed by atoms with Crippen molar-refractivity contribution in [2.45, 2.75) is 6.18 Å². The summed E-state index contributed by atoms with van der Waals surface area (Å²) >= 11 is 0. The maximum atomic E-state index is 13.0. The summed E-state index contributed by atoms with van der Waals surface area (Å²) in [4.78, 5) is 28.4. The lowest BCUT2D eigenvalue weighted by molar-refractivity contribution is -0.187. The summed E-state index contributed by atoms with van der Waals surface area (Å²) in [7, 11) is 0. The molecular weight excluding hydrogens is 365 g/mol. The molecule has 6 nitrogen and oxygen atoms in total. The first kappa shape index (κ1) is 18.7. The lowest BCUT2D eigenvalue weighted by atomic mass is 9.96. The molecule has 2 atom stereocenters. The molecule has 1 N–H and O–H groups in total. The molecule has 1 aromatic carbocycles. The van der Waals surface area contributed by atoms with E-state index < -0.39 is 43.0 Å². The lowest BCUT2D eigenvalue weighted by Gasteiger charge is -2.18. The molecular formula is C18H15F3N2O4. The molecule has 1 aliphatic heterocycles. The van der Waals surface area contributed by atoms with Crippen molar-refractivity contribution >= 4 is 11.9 Å². The Hall–Kier alpha value is -3.10. The fraction of sp³-hybridized carbons (Fsp3) is 0.278. The Labute approximate surface area is 152 Å². The average Bonchev–Trinajstić information content (AvgIpc) is 3.09. The summed E-state index contributed by atoms with van der Waals surface area (Å²) in [6, 6.07) is 11.6. The maximum absolute atomic E-state index is 13.0. The molecule has 1 saturated heterocycles. The monoisotopic (exact) mass is 380 g/mol. The van der Waals surface area contributed by atoms with Crippen LogP contribution in [0.15, 0.2) is 48.7 Å². The Morgan fingerprint density at radius 3 is 2.33 bits per heavy atom. The second-order valence-corrected chi connectivity index (χ2v) is 6.10. The van der Waals surface area contributed by atoms with E-state index in [-0.39, 0.29) is 11.4 Å². The van der Waals surface area contributed by atoms with Crippen molar-refractivity contribution < 1.29 is 32.6 Å². The number of aromatic nitrogens is 1. The summed E-state index contributed by atoms with van der Waals surface area (Å²) in [5, 5.41) is 9.03. The fourth-order valence-electron chi connectivity index (χ4n) is 2.91.